The summed E-state index contributed by atoms with van der Waals surface area (Å²) in [5, 5.41) is 0. The van der Waals surface area contributed by atoms with E-state index in [-0.39, 0.29) is 11.9 Å². The Balaban J connectivity index is 3.54. The Morgan fingerprint density at radius 1 is 0.938 bits per heavy atom. The summed E-state index contributed by atoms with van der Waals surface area (Å²) < 4.78 is 9.65. The molecule has 0 N–H and O–H groups in total. The second-order valence-electron chi connectivity index (χ2n) is 3.79. The van der Waals surface area contributed by atoms with Crippen molar-refractivity contribution < 1.29 is 19.1 Å². The summed E-state index contributed by atoms with van der Waals surface area (Å²) in [5.74, 6) is 0.0183. The highest BCUT2D eigenvalue weighted by Gasteiger charge is 2.10. The molecule has 0 bridgehead atoms. The van der Waals surface area contributed by atoms with Crippen molar-refractivity contribution in [3.63, 3.8) is 0 Å². The molecule has 0 saturated carbocycles. The second-order valence-corrected chi connectivity index (χ2v) is 3.79. The van der Waals surface area contributed by atoms with Crippen LogP contribution in [0.25, 0.3) is 0 Å². The van der Waals surface area contributed by atoms with Crippen molar-refractivity contribution in [2.45, 2.75) is 46.5 Å². The molecular formula is C12H22O4. The standard InChI is InChI=1S/C12H22O4/c1-4-15-11(13)8-6-10(3)7-9-12(14)16-5-2/h10H,4-9H2,1-3H3. The SMILES string of the molecule is CCOC(=O)CCC(C)CCC(=O)OCC. The van der Waals surface area contributed by atoms with E-state index < -0.39 is 0 Å². The summed E-state index contributed by atoms with van der Waals surface area (Å²) in [4.78, 5) is 22.1. The van der Waals surface area contributed by atoms with E-state index in [9.17, 15) is 9.59 Å². The van der Waals surface area contributed by atoms with Gasteiger partial charge in [-0.1, -0.05) is 6.92 Å². The molecule has 0 aliphatic carbocycles. The monoisotopic (exact) mass is 230 g/mol. The molecule has 4 heteroatoms. The molecule has 0 spiro atoms. The van der Waals surface area contributed by atoms with E-state index >= 15 is 0 Å². The van der Waals surface area contributed by atoms with Gasteiger partial charge in [0.1, 0.15) is 0 Å². The molecular weight excluding hydrogens is 208 g/mol. The topological polar surface area (TPSA) is 52.6 Å². The van der Waals surface area contributed by atoms with Crippen LogP contribution in [0, 0.1) is 5.92 Å². The van der Waals surface area contributed by atoms with E-state index in [2.05, 4.69) is 0 Å². The van der Waals surface area contributed by atoms with Crippen molar-refractivity contribution in [1.82, 2.24) is 0 Å². The van der Waals surface area contributed by atoms with Crippen molar-refractivity contribution in [3.8, 4) is 0 Å². The highest BCUT2D eigenvalue weighted by atomic mass is 16.5. The summed E-state index contributed by atoms with van der Waals surface area (Å²) in [6.45, 7) is 6.47. The van der Waals surface area contributed by atoms with Crippen LogP contribution < -0.4 is 0 Å². The minimum atomic E-state index is -0.162. The number of rotatable bonds is 8. The largest absolute Gasteiger partial charge is 0.466 e. The molecule has 0 radical (unpaired) electrons. The predicted octanol–water partition coefficient (Wildman–Crippen LogP) is 2.31. The maximum Gasteiger partial charge on any atom is 0.305 e. The van der Waals surface area contributed by atoms with Gasteiger partial charge in [-0.05, 0) is 32.6 Å². The summed E-state index contributed by atoms with van der Waals surface area (Å²) in [7, 11) is 0. The molecule has 94 valence electrons. The Morgan fingerprint density at radius 2 is 1.31 bits per heavy atom. The fourth-order valence-corrected chi connectivity index (χ4v) is 1.34. The van der Waals surface area contributed by atoms with Crippen LogP contribution in [-0.2, 0) is 19.1 Å². The maximum atomic E-state index is 11.1. The zero-order valence-corrected chi connectivity index (χ0v) is 10.5. The molecule has 0 saturated heterocycles. The molecule has 0 aromatic heterocycles. The summed E-state index contributed by atoms with van der Waals surface area (Å²) >= 11 is 0. The first kappa shape index (κ1) is 14.9. The van der Waals surface area contributed by atoms with Crippen LogP contribution in [0.15, 0.2) is 0 Å². The average molecular weight is 230 g/mol. The number of carbonyl (C=O) groups excluding carboxylic acids is 2. The fraction of sp³-hybridized carbons (Fsp3) is 0.833. The van der Waals surface area contributed by atoms with E-state index in [1.54, 1.807) is 13.8 Å². The van der Waals surface area contributed by atoms with Gasteiger partial charge in [-0.2, -0.15) is 0 Å². The first-order valence-electron chi connectivity index (χ1n) is 5.91. The quantitative estimate of drug-likeness (QED) is 0.600. The van der Waals surface area contributed by atoms with Crippen molar-refractivity contribution >= 4 is 11.9 Å². The lowest BCUT2D eigenvalue weighted by molar-refractivity contribution is -0.143. The Morgan fingerprint density at radius 3 is 1.62 bits per heavy atom. The predicted molar refractivity (Wildman–Crippen MR) is 60.9 cm³/mol. The summed E-state index contributed by atoms with van der Waals surface area (Å²) in [5.41, 5.74) is 0. The average Bonchev–Trinajstić information content (AvgIpc) is 2.24. The van der Waals surface area contributed by atoms with Crippen LogP contribution in [0.2, 0.25) is 0 Å². The van der Waals surface area contributed by atoms with E-state index in [4.69, 9.17) is 9.47 Å². The van der Waals surface area contributed by atoms with E-state index in [0.29, 0.717) is 32.0 Å². The normalized spacial score (nSPS) is 10.2. The van der Waals surface area contributed by atoms with Crippen LogP contribution in [0.5, 0.6) is 0 Å². The molecule has 0 fully saturated rings. The molecule has 0 aromatic rings. The van der Waals surface area contributed by atoms with Gasteiger partial charge < -0.3 is 9.47 Å². The fourth-order valence-electron chi connectivity index (χ4n) is 1.34. The smallest absolute Gasteiger partial charge is 0.305 e. The van der Waals surface area contributed by atoms with Gasteiger partial charge in [0.15, 0.2) is 0 Å². The van der Waals surface area contributed by atoms with Gasteiger partial charge in [0.05, 0.1) is 13.2 Å². The third-order valence-corrected chi connectivity index (χ3v) is 2.29. The first-order valence-corrected chi connectivity index (χ1v) is 5.91. The lowest BCUT2D eigenvalue weighted by atomic mass is 10.00. The molecule has 0 aliphatic rings. The molecule has 0 amide bonds. The third-order valence-electron chi connectivity index (χ3n) is 2.29. The van der Waals surface area contributed by atoms with Gasteiger partial charge >= 0.3 is 11.9 Å². The third kappa shape index (κ3) is 8.26. The zero-order valence-electron chi connectivity index (χ0n) is 10.5. The summed E-state index contributed by atoms with van der Waals surface area (Å²) in [6, 6.07) is 0. The van der Waals surface area contributed by atoms with Crippen LogP contribution in [0.1, 0.15) is 46.5 Å². The highest BCUT2D eigenvalue weighted by molar-refractivity contribution is 5.69. The summed E-state index contributed by atoms with van der Waals surface area (Å²) in [6.07, 6.45) is 2.38. The van der Waals surface area contributed by atoms with Crippen LogP contribution >= 0.6 is 0 Å². The van der Waals surface area contributed by atoms with Crippen LogP contribution in [0.4, 0.5) is 0 Å². The van der Waals surface area contributed by atoms with Crippen LogP contribution in [-0.4, -0.2) is 25.2 Å². The maximum absolute atomic E-state index is 11.1. The van der Waals surface area contributed by atoms with Crippen LogP contribution in [0.3, 0.4) is 0 Å². The van der Waals surface area contributed by atoms with Crippen molar-refractivity contribution in [2.24, 2.45) is 5.92 Å². The van der Waals surface area contributed by atoms with Crippen molar-refractivity contribution in [3.05, 3.63) is 0 Å². The molecule has 16 heavy (non-hydrogen) atoms. The lowest BCUT2D eigenvalue weighted by Crippen LogP contribution is -2.09. The molecule has 0 atom stereocenters. The Hall–Kier alpha value is -1.06. The van der Waals surface area contributed by atoms with Crippen molar-refractivity contribution in [2.75, 3.05) is 13.2 Å². The zero-order chi connectivity index (χ0) is 12.4. The highest BCUT2D eigenvalue weighted by Crippen LogP contribution is 2.13. The van der Waals surface area contributed by atoms with E-state index in [0.717, 1.165) is 12.8 Å². The molecule has 0 aromatic carbocycles. The van der Waals surface area contributed by atoms with Crippen molar-refractivity contribution in [1.29, 1.82) is 0 Å². The van der Waals surface area contributed by atoms with Gasteiger partial charge in [0, 0.05) is 12.8 Å². The molecule has 0 unspecified atom stereocenters. The Kier molecular flexibility index (Phi) is 8.58. The molecule has 0 heterocycles. The first-order chi connectivity index (χ1) is 7.60. The number of carbonyl (C=O) groups is 2. The lowest BCUT2D eigenvalue weighted by Gasteiger charge is -2.10. The molecule has 4 nitrogen and oxygen atoms in total. The number of ether oxygens (including phenoxy) is 2. The van der Waals surface area contributed by atoms with Gasteiger partial charge in [-0.3, -0.25) is 9.59 Å². The Bertz CT molecular complexity index is 191. The Labute approximate surface area is 97.3 Å². The second kappa shape index (κ2) is 9.19. The van der Waals surface area contributed by atoms with Gasteiger partial charge in [-0.25, -0.2) is 0 Å². The van der Waals surface area contributed by atoms with E-state index in [1.165, 1.54) is 0 Å². The number of hydrogen-bond donors (Lipinski definition) is 0. The van der Waals surface area contributed by atoms with Gasteiger partial charge in [0.25, 0.3) is 0 Å². The minimum Gasteiger partial charge on any atom is -0.466 e. The number of esters is 2. The van der Waals surface area contributed by atoms with E-state index in [1.807, 2.05) is 6.92 Å². The van der Waals surface area contributed by atoms with Gasteiger partial charge in [0.2, 0.25) is 0 Å². The number of hydrogen-bond acceptors (Lipinski definition) is 4. The molecule has 0 rings (SSSR count). The van der Waals surface area contributed by atoms with Gasteiger partial charge in [-0.15, -0.1) is 0 Å². The molecule has 0 aliphatic heterocycles. The minimum absolute atomic E-state index is 0.162.